The second-order valence-corrected chi connectivity index (χ2v) is 4.69. The van der Waals surface area contributed by atoms with Crippen LogP contribution in [0.3, 0.4) is 0 Å². The molecule has 3 aromatic rings. The lowest BCUT2D eigenvalue weighted by molar-refractivity contribution is 0.439. The Labute approximate surface area is 119 Å². The van der Waals surface area contributed by atoms with Crippen LogP contribution in [0.25, 0.3) is 22.4 Å². The predicted octanol–water partition coefficient (Wildman–Crippen LogP) is 4.38. The van der Waals surface area contributed by atoms with Gasteiger partial charge in [-0.15, -0.1) is 0 Å². The molecule has 1 aromatic heterocycles. The van der Waals surface area contributed by atoms with E-state index in [2.05, 4.69) is 5.16 Å². The molecule has 20 heavy (non-hydrogen) atoms. The van der Waals surface area contributed by atoms with Crippen LogP contribution in [0, 0.1) is 5.82 Å². The third-order valence-corrected chi connectivity index (χ3v) is 3.23. The molecule has 0 amide bonds. The third kappa shape index (κ3) is 2.14. The van der Waals surface area contributed by atoms with E-state index in [4.69, 9.17) is 21.9 Å². The Morgan fingerprint density at radius 3 is 2.45 bits per heavy atom. The maximum absolute atomic E-state index is 13.9. The Morgan fingerprint density at radius 2 is 1.75 bits per heavy atom. The molecule has 3 rings (SSSR count). The molecule has 0 aliphatic heterocycles. The highest BCUT2D eigenvalue weighted by Gasteiger charge is 2.19. The van der Waals surface area contributed by atoms with Gasteiger partial charge >= 0.3 is 0 Å². The Bertz CT molecular complexity index is 753. The number of hydrogen-bond donors (Lipinski definition) is 1. The van der Waals surface area contributed by atoms with Gasteiger partial charge in [-0.3, -0.25) is 0 Å². The van der Waals surface area contributed by atoms with E-state index in [0.717, 1.165) is 5.56 Å². The van der Waals surface area contributed by atoms with Crippen LogP contribution in [0.5, 0.6) is 0 Å². The molecule has 0 fully saturated rings. The number of aromatic nitrogens is 1. The van der Waals surface area contributed by atoms with Gasteiger partial charge in [-0.1, -0.05) is 47.1 Å². The SMILES string of the molecule is Nc1onc(-c2ccc(Cl)cc2)c1-c1ccccc1F. The number of halogens is 2. The van der Waals surface area contributed by atoms with Gasteiger partial charge in [0.15, 0.2) is 0 Å². The second kappa shape index (κ2) is 4.98. The van der Waals surface area contributed by atoms with Crippen LogP contribution in [-0.2, 0) is 0 Å². The summed E-state index contributed by atoms with van der Waals surface area (Å²) in [5.74, 6) is -0.294. The fraction of sp³-hybridized carbons (Fsp3) is 0. The molecule has 0 radical (unpaired) electrons. The molecule has 2 aromatic carbocycles. The number of benzene rings is 2. The first kappa shape index (κ1) is 12.7. The zero-order valence-corrected chi connectivity index (χ0v) is 11.1. The standard InChI is InChI=1S/C15H10ClFN2O/c16-10-7-5-9(6-8-10)14-13(15(18)20-19-14)11-3-1-2-4-12(11)17/h1-8H,18H2. The first-order valence-corrected chi connectivity index (χ1v) is 6.30. The maximum Gasteiger partial charge on any atom is 0.230 e. The molecule has 0 aliphatic carbocycles. The zero-order chi connectivity index (χ0) is 14.1. The van der Waals surface area contributed by atoms with Crippen molar-refractivity contribution in [1.82, 2.24) is 5.16 Å². The van der Waals surface area contributed by atoms with Gasteiger partial charge in [0.05, 0.1) is 5.56 Å². The Kier molecular flexibility index (Phi) is 3.16. The van der Waals surface area contributed by atoms with Crippen LogP contribution < -0.4 is 5.73 Å². The van der Waals surface area contributed by atoms with Gasteiger partial charge in [0, 0.05) is 16.1 Å². The van der Waals surface area contributed by atoms with Gasteiger partial charge in [-0.25, -0.2) is 4.39 Å². The molecule has 0 aliphatic rings. The van der Waals surface area contributed by atoms with E-state index in [1.54, 1.807) is 42.5 Å². The molecule has 0 spiro atoms. The van der Waals surface area contributed by atoms with Crippen LogP contribution in [0.1, 0.15) is 0 Å². The summed E-state index contributed by atoms with van der Waals surface area (Å²) in [6, 6.07) is 13.4. The number of rotatable bonds is 2. The molecular formula is C15H10ClFN2O. The quantitative estimate of drug-likeness (QED) is 0.761. The Morgan fingerprint density at radius 1 is 1.05 bits per heavy atom. The fourth-order valence-electron chi connectivity index (χ4n) is 2.03. The van der Waals surface area contributed by atoms with Gasteiger partial charge in [0.1, 0.15) is 11.5 Å². The van der Waals surface area contributed by atoms with E-state index in [1.165, 1.54) is 6.07 Å². The van der Waals surface area contributed by atoms with Crippen molar-refractivity contribution in [3.63, 3.8) is 0 Å². The summed E-state index contributed by atoms with van der Waals surface area (Å²) in [7, 11) is 0. The zero-order valence-electron chi connectivity index (χ0n) is 10.3. The third-order valence-electron chi connectivity index (χ3n) is 2.98. The van der Waals surface area contributed by atoms with Crippen molar-refractivity contribution in [2.75, 3.05) is 5.73 Å². The smallest absolute Gasteiger partial charge is 0.230 e. The van der Waals surface area contributed by atoms with Gasteiger partial charge in [-0.05, 0) is 18.2 Å². The summed E-state index contributed by atoms with van der Waals surface area (Å²) < 4.78 is 19.0. The lowest BCUT2D eigenvalue weighted by Crippen LogP contribution is -1.90. The molecule has 0 unspecified atom stereocenters. The van der Waals surface area contributed by atoms with Gasteiger partial charge in [0.25, 0.3) is 0 Å². The molecular weight excluding hydrogens is 279 g/mol. The van der Waals surface area contributed by atoms with Gasteiger partial charge in [-0.2, -0.15) is 0 Å². The first-order valence-electron chi connectivity index (χ1n) is 5.93. The van der Waals surface area contributed by atoms with Crippen molar-refractivity contribution in [2.45, 2.75) is 0 Å². The monoisotopic (exact) mass is 288 g/mol. The van der Waals surface area contributed by atoms with Crippen molar-refractivity contribution in [1.29, 1.82) is 0 Å². The maximum atomic E-state index is 13.9. The van der Waals surface area contributed by atoms with Crippen molar-refractivity contribution >= 4 is 17.5 Å². The van der Waals surface area contributed by atoms with E-state index >= 15 is 0 Å². The van der Waals surface area contributed by atoms with Crippen LogP contribution in [0.2, 0.25) is 5.02 Å². The molecule has 3 nitrogen and oxygen atoms in total. The molecule has 5 heteroatoms. The summed E-state index contributed by atoms with van der Waals surface area (Å²) in [6.07, 6.45) is 0. The Balaban J connectivity index is 2.20. The molecule has 0 atom stereocenters. The molecule has 0 saturated carbocycles. The lowest BCUT2D eigenvalue weighted by atomic mass is 10.0. The van der Waals surface area contributed by atoms with E-state index in [1.807, 2.05) is 0 Å². The summed E-state index contributed by atoms with van der Waals surface area (Å²) in [5.41, 5.74) is 7.84. The van der Waals surface area contributed by atoms with Crippen LogP contribution in [0.4, 0.5) is 10.3 Å². The topological polar surface area (TPSA) is 52.0 Å². The summed E-state index contributed by atoms with van der Waals surface area (Å²) >= 11 is 5.86. The minimum absolute atomic E-state index is 0.0834. The van der Waals surface area contributed by atoms with E-state index in [9.17, 15) is 4.39 Å². The molecule has 0 bridgehead atoms. The number of nitrogen functional groups attached to an aromatic ring is 1. The van der Waals surface area contributed by atoms with Crippen LogP contribution in [-0.4, -0.2) is 5.16 Å². The van der Waals surface area contributed by atoms with Crippen molar-refractivity contribution in [2.24, 2.45) is 0 Å². The molecule has 1 heterocycles. The van der Waals surface area contributed by atoms with Crippen molar-refractivity contribution < 1.29 is 8.91 Å². The van der Waals surface area contributed by atoms with Crippen molar-refractivity contribution in [3.8, 4) is 22.4 Å². The van der Waals surface area contributed by atoms with Gasteiger partial charge < -0.3 is 10.3 Å². The fourth-order valence-corrected chi connectivity index (χ4v) is 2.16. The van der Waals surface area contributed by atoms with E-state index in [0.29, 0.717) is 21.8 Å². The molecule has 100 valence electrons. The average molecular weight is 289 g/mol. The first-order chi connectivity index (χ1) is 9.66. The minimum atomic E-state index is -0.377. The summed E-state index contributed by atoms with van der Waals surface area (Å²) in [5, 5.41) is 4.53. The minimum Gasteiger partial charge on any atom is -0.367 e. The number of nitrogens with zero attached hydrogens (tertiary/aromatic N) is 1. The van der Waals surface area contributed by atoms with Gasteiger partial charge in [0.2, 0.25) is 5.88 Å². The predicted molar refractivity (Wildman–Crippen MR) is 76.8 cm³/mol. The number of hydrogen-bond acceptors (Lipinski definition) is 3. The van der Waals surface area contributed by atoms with Crippen molar-refractivity contribution in [3.05, 3.63) is 59.4 Å². The normalized spacial score (nSPS) is 10.7. The molecule has 0 saturated heterocycles. The Hall–Kier alpha value is -2.33. The summed E-state index contributed by atoms with van der Waals surface area (Å²) in [6.45, 7) is 0. The average Bonchev–Trinajstić information content (AvgIpc) is 2.82. The number of anilines is 1. The second-order valence-electron chi connectivity index (χ2n) is 4.26. The lowest BCUT2D eigenvalue weighted by Gasteiger charge is -2.04. The highest BCUT2D eigenvalue weighted by molar-refractivity contribution is 6.30. The van der Waals surface area contributed by atoms with Crippen LogP contribution >= 0.6 is 11.6 Å². The highest BCUT2D eigenvalue weighted by atomic mass is 35.5. The van der Waals surface area contributed by atoms with E-state index in [-0.39, 0.29) is 11.7 Å². The van der Waals surface area contributed by atoms with Crippen LogP contribution in [0.15, 0.2) is 53.1 Å². The largest absolute Gasteiger partial charge is 0.367 e. The molecule has 2 N–H and O–H groups in total. The number of nitrogens with two attached hydrogens (primary N) is 1. The van der Waals surface area contributed by atoms with E-state index < -0.39 is 0 Å². The highest BCUT2D eigenvalue weighted by Crippen LogP contribution is 2.37. The summed E-state index contributed by atoms with van der Waals surface area (Å²) in [4.78, 5) is 0.